The zero-order valence-corrected chi connectivity index (χ0v) is 44.9. The maximum absolute atomic E-state index is 13.3. The number of hydrogen-bond donors (Lipinski definition) is 9. The largest absolute Gasteiger partial charge is 0.505 e. The number of hydrogen-bond acceptors (Lipinski definition) is 28. The molecular formula is C43H31N7O23S7. The number of rotatable bonds is 19. The molecule has 80 heavy (non-hydrogen) atoms. The summed E-state index contributed by atoms with van der Waals surface area (Å²) >= 11 is 0.471. The number of phenols is 2. The topological polar surface area (TPSA) is 479 Å². The van der Waals surface area contributed by atoms with Crippen LogP contribution in [0, 0.1) is 6.92 Å². The molecule has 8 rings (SSSR count). The van der Waals surface area contributed by atoms with Gasteiger partial charge in [-0.15, -0.1) is 34.2 Å². The molecule has 8 aromatic rings. The predicted octanol–water partition coefficient (Wildman–Crippen LogP) is 10.3. The summed E-state index contributed by atoms with van der Waals surface area (Å²) < 4.78 is 183. The van der Waals surface area contributed by atoms with Crippen LogP contribution in [0.2, 0.25) is 0 Å². The molecule has 0 aromatic heterocycles. The predicted molar refractivity (Wildman–Crippen MR) is 278 cm³/mol. The minimum absolute atomic E-state index is 0.0518. The highest BCUT2D eigenvalue weighted by Crippen LogP contribution is 2.51. The monoisotopic (exact) mass is 1240 g/mol. The molecule has 0 spiro atoms. The lowest BCUT2D eigenvalue weighted by Crippen LogP contribution is -2.11. The van der Waals surface area contributed by atoms with Crippen molar-refractivity contribution in [3.8, 4) is 17.2 Å². The highest BCUT2D eigenvalue weighted by molar-refractivity contribution is 7.95. The van der Waals surface area contributed by atoms with Crippen LogP contribution in [0.1, 0.15) is 5.56 Å². The number of azo groups is 3. The highest BCUT2D eigenvalue weighted by Gasteiger charge is 2.29. The van der Waals surface area contributed by atoms with Gasteiger partial charge in [-0.1, -0.05) is 39.9 Å². The van der Waals surface area contributed by atoms with Crippen molar-refractivity contribution in [3.63, 3.8) is 0 Å². The summed E-state index contributed by atoms with van der Waals surface area (Å²) in [6.45, 7) is 1.65. The smallest absolute Gasteiger partial charge is 0.339 e. The number of fused-ring (bicyclic) bond motifs is 3. The Morgan fingerprint density at radius 1 is 0.500 bits per heavy atom. The van der Waals surface area contributed by atoms with Gasteiger partial charge in [0, 0.05) is 22.2 Å². The third-order valence-electron chi connectivity index (χ3n) is 10.9. The molecule has 0 aliphatic carbocycles. The highest BCUT2D eigenvalue weighted by atomic mass is 32.2. The van der Waals surface area contributed by atoms with Gasteiger partial charge in [0.05, 0.1) is 55.5 Å². The molecule has 0 saturated carbocycles. The van der Waals surface area contributed by atoms with Crippen molar-refractivity contribution in [3.05, 3.63) is 115 Å². The van der Waals surface area contributed by atoms with E-state index < -0.39 is 131 Å². The van der Waals surface area contributed by atoms with E-state index in [2.05, 4.69) is 49.4 Å². The number of nitrogen functional groups attached to an aromatic ring is 1. The van der Waals surface area contributed by atoms with Gasteiger partial charge in [-0.25, -0.2) is 10.5 Å². The van der Waals surface area contributed by atoms with Crippen molar-refractivity contribution >= 4 is 147 Å². The normalized spacial score (nSPS) is 13.0. The van der Waals surface area contributed by atoms with E-state index in [0.29, 0.717) is 35.8 Å². The molecule has 0 amide bonds. The van der Waals surface area contributed by atoms with Crippen molar-refractivity contribution < 1.29 is 104 Å². The Labute approximate surface area is 457 Å². The maximum Gasteiger partial charge on any atom is 0.339 e. The molecule has 0 aliphatic heterocycles. The Bertz CT molecular complexity index is 4550. The number of aryl methyl sites for hydroxylation is 1. The Morgan fingerprint density at radius 2 is 1.07 bits per heavy atom. The van der Waals surface area contributed by atoms with Crippen molar-refractivity contribution in [1.82, 2.24) is 0 Å². The van der Waals surface area contributed by atoms with Gasteiger partial charge in [0.1, 0.15) is 48.0 Å². The first-order valence-electron chi connectivity index (χ1n) is 21.1. The number of aromatic hydroxyl groups is 2. The second kappa shape index (κ2) is 22.6. The van der Waals surface area contributed by atoms with Crippen LogP contribution in [0.4, 0.5) is 39.8 Å². The quantitative estimate of drug-likeness (QED) is 0.00691. The Balaban J connectivity index is 1.25. The van der Waals surface area contributed by atoms with Crippen LogP contribution in [0.5, 0.6) is 17.2 Å². The molecular weight excluding hydrogens is 1210 g/mol. The number of nitrogens with two attached hydrogens (primary N) is 1. The lowest BCUT2D eigenvalue weighted by Gasteiger charge is -2.15. The van der Waals surface area contributed by atoms with Gasteiger partial charge >= 0.3 is 10.1 Å². The van der Waals surface area contributed by atoms with Gasteiger partial charge in [0.2, 0.25) is 0 Å². The first kappa shape index (κ1) is 58.7. The molecule has 0 radical (unpaired) electrons. The average molecular weight is 1240 g/mol. The molecule has 10 N–H and O–H groups in total. The van der Waals surface area contributed by atoms with Gasteiger partial charge in [0.15, 0.2) is 17.2 Å². The lowest BCUT2D eigenvalue weighted by molar-refractivity contribution is -0.432. The average Bonchev–Trinajstić information content (AvgIpc) is 3.50. The van der Waals surface area contributed by atoms with Crippen LogP contribution in [0.25, 0.3) is 32.3 Å². The van der Waals surface area contributed by atoms with E-state index in [1.54, 1.807) is 6.92 Å². The molecule has 0 unspecified atom stereocenters. The fraction of sp³-hybridized carbons (Fsp3) is 0.0233. The molecule has 37 heteroatoms. The molecule has 0 heterocycles. The first-order valence-corrected chi connectivity index (χ1v) is 29.7. The SMILES string of the molecule is Cc1ccc(S(=O)(=O)Oc2cc(S(=O)(=O)O)cc3c(S(=O)(=O)O)c(N=Nc4c(S(=O)(=O)O)cc5cc(SOOO)c(N=Nc6ccc7c(O)c(N=Nc8ccccc8S(=O)(=O)O)c(SOOO)cc7c6)c(O)c5c4N)ccc23)cc1. The van der Waals surface area contributed by atoms with Crippen LogP contribution < -0.4 is 9.92 Å². The Hall–Kier alpha value is -7.41. The minimum Gasteiger partial charge on any atom is -0.505 e. The van der Waals surface area contributed by atoms with E-state index in [1.807, 2.05) is 0 Å². The molecule has 418 valence electrons. The zero-order chi connectivity index (χ0) is 58.3. The minimum atomic E-state index is -5.63. The molecule has 0 saturated heterocycles. The van der Waals surface area contributed by atoms with Crippen LogP contribution in [0.3, 0.4) is 0 Å². The van der Waals surface area contributed by atoms with E-state index in [0.717, 1.165) is 36.4 Å². The lowest BCUT2D eigenvalue weighted by atomic mass is 10.0. The van der Waals surface area contributed by atoms with Crippen LogP contribution in [-0.2, 0) is 69.3 Å². The first-order chi connectivity index (χ1) is 37.5. The van der Waals surface area contributed by atoms with Crippen LogP contribution in [-0.4, -0.2) is 81.0 Å². The third kappa shape index (κ3) is 12.5. The number of nitrogens with zero attached hydrogens (tertiary/aromatic N) is 6. The van der Waals surface area contributed by atoms with E-state index in [4.69, 9.17) is 20.4 Å². The molecule has 30 nitrogen and oxygen atoms in total. The fourth-order valence-corrected chi connectivity index (χ4v) is 12.1. The summed E-state index contributed by atoms with van der Waals surface area (Å²) in [6.07, 6.45) is 0. The van der Waals surface area contributed by atoms with Gasteiger partial charge in [-0.05, 0) is 96.6 Å². The van der Waals surface area contributed by atoms with Gasteiger partial charge < -0.3 is 20.1 Å². The molecule has 0 bridgehead atoms. The van der Waals surface area contributed by atoms with E-state index in [1.165, 1.54) is 54.6 Å². The van der Waals surface area contributed by atoms with Gasteiger partial charge in [-0.3, -0.25) is 18.2 Å². The number of phenolic OH excluding ortho intramolecular Hbond substituents is 2. The fourth-order valence-electron chi connectivity index (χ4n) is 7.49. The van der Waals surface area contributed by atoms with Crippen molar-refractivity contribution in [2.75, 3.05) is 5.73 Å². The Kier molecular flexibility index (Phi) is 16.6. The molecule has 0 fully saturated rings. The van der Waals surface area contributed by atoms with Crippen LogP contribution >= 0.6 is 24.1 Å². The summed E-state index contributed by atoms with van der Waals surface area (Å²) in [4.78, 5) is -5.09. The zero-order valence-electron chi connectivity index (χ0n) is 39.2. The number of benzene rings is 8. The summed E-state index contributed by atoms with van der Waals surface area (Å²) in [6, 6.07) is 19.7. The van der Waals surface area contributed by atoms with Gasteiger partial charge in [-0.2, -0.15) is 47.2 Å². The molecule has 8 aromatic carbocycles. The summed E-state index contributed by atoms with van der Waals surface area (Å²) in [5, 5.41) is 69.9. The van der Waals surface area contributed by atoms with Crippen molar-refractivity contribution in [1.29, 1.82) is 0 Å². The third-order valence-corrected chi connectivity index (χ3v) is 17.0. The standard InChI is InChI=1S/C43H31N7O23S7/c1-20-6-9-24(10-7-20)80(67,68)69-31-19-25(76(55,56)57)18-28-27(31)12-13-30(43(28)79(64,65)66)47-50-40-35(78(61,62)63)17-22-16-33(75-73-71-54)39(42(52)36(22)37(40)44)48-45-23-8-11-26-21(14-23)15-32(74-72-70-53)38(41(26)51)49-46-29-4-2-3-5-34(29)77(58,59)60/h2-19,51-54H,44H2,1H3,(H,55,56,57)(H,58,59,60)(H,61,62,63)(H,64,65,66). The summed E-state index contributed by atoms with van der Waals surface area (Å²) in [5.41, 5.74) is 2.99. The van der Waals surface area contributed by atoms with Crippen molar-refractivity contribution in [2.24, 2.45) is 30.7 Å². The summed E-state index contributed by atoms with van der Waals surface area (Å²) in [7, 11) is -26.0. The van der Waals surface area contributed by atoms with E-state index >= 15 is 0 Å². The van der Waals surface area contributed by atoms with E-state index in [9.17, 15) is 70.5 Å². The molecule has 0 atom stereocenters. The number of anilines is 1. The van der Waals surface area contributed by atoms with Gasteiger partial charge in [0.25, 0.3) is 40.5 Å². The molecule has 0 aliphatic rings. The Morgan fingerprint density at radius 3 is 1.69 bits per heavy atom. The van der Waals surface area contributed by atoms with E-state index in [-0.39, 0.29) is 55.1 Å². The maximum atomic E-state index is 13.3. The van der Waals surface area contributed by atoms with Crippen LogP contribution in [0.15, 0.2) is 174 Å². The summed E-state index contributed by atoms with van der Waals surface area (Å²) in [5.74, 6) is -2.42. The second-order valence-electron chi connectivity index (χ2n) is 16.0. The second-order valence-corrected chi connectivity index (χ2v) is 24.6. The van der Waals surface area contributed by atoms with Crippen molar-refractivity contribution in [2.45, 2.75) is 41.2 Å².